The second-order valence-corrected chi connectivity index (χ2v) is 8.32. The van der Waals surface area contributed by atoms with Gasteiger partial charge in [0, 0.05) is 39.1 Å². The summed E-state index contributed by atoms with van der Waals surface area (Å²) in [7, 11) is 0. The van der Waals surface area contributed by atoms with Crippen LogP contribution < -0.4 is 11.1 Å². The van der Waals surface area contributed by atoms with Crippen LogP contribution in [0.3, 0.4) is 0 Å². The van der Waals surface area contributed by atoms with Gasteiger partial charge in [0.1, 0.15) is 0 Å². The molecule has 1 aliphatic rings. The van der Waals surface area contributed by atoms with Crippen LogP contribution in [-0.2, 0) is 9.59 Å². The van der Waals surface area contributed by atoms with E-state index in [-0.39, 0.29) is 17.9 Å². The fourth-order valence-corrected chi connectivity index (χ4v) is 3.83. The van der Waals surface area contributed by atoms with Crippen LogP contribution in [0.1, 0.15) is 37.4 Å². The van der Waals surface area contributed by atoms with E-state index in [1.54, 1.807) is 0 Å². The molecule has 2 amide bonds. The average molecular weight is 409 g/mol. The van der Waals surface area contributed by atoms with Gasteiger partial charge in [-0.05, 0) is 25.0 Å². The number of hydrogen-bond acceptors (Lipinski definition) is 4. The molecule has 0 spiro atoms. The van der Waals surface area contributed by atoms with E-state index >= 15 is 0 Å². The Hall–Kier alpha value is -2.70. The van der Waals surface area contributed by atoms with Crippen LogP contribution in [0, 0.1) is 0 Å². The van der Waals surface area contributed by atoms with Gasteiger partial charge in [0.2, 0.25) is 11.8 Å². The minimum absolute atomic E-state index is 0.0348. The van der Waals surface area contributed by atoms with Crippen LogP contribution in [0.4, 0.5) is 0 Å². The van der Waals surface area contributed by atoms with Crippen molar-refractivity contribution in [3.63, 3.8) is 0 Å². The third-order valence-corrected chi connectivity index (χ3v) is 5.99. The largest absolute Gasteiger partial charge is 0.368 e. The maximum Gasteiger partial charge on any atom is 0.237 e. The van der Waals surface area contributed by atoms with E-state index in [1.165, 1.54) is 0 Å². The van der Waals surface area contributed by atoms with Crippen molar-refractivity contribution in [2.75, 3.05) is 32.7 Å². The molecule has 0 unspecified atom stereocenters. The molecule has 30 heavy (non-hydrogen) atoms. The second kappa shape index (κ2) is 9.87. The van der Waals surface area contributed by atoms with E-state index in [0.717, 1.165) is 37.3 Å². The first-order valence-corrected chi connectivity index (χ1v) is 10.5. The second-order valence-electron chi connectivity index (χ2n) is 8.32. The lowest BCUT2D eigenvalue weighted by molar-refractivity contribution is -0.129. The predicted molar refractivity (Wildman–Crippen MR) is 119 cm³/mol. The van der Waals surface area contributed by atoms with E-state index in [4.69, 9.17) is 5.73 Å². The summed E-state index contributed by atoms with van der Waals surface area (Å²) in [6, 6.07) is 19.9. The minimum atomic E-state index is -0.637. The van der Waals surface area contributed by atoms with Crippen molar-refractivity contribution in [1.82, 2.24) is 15.1 Å². The Bertz CT molecular complexity index is 791. The molecule has 0 bridgehead atoms. The zero-order valence-corrected chi connectivity index (χ0v) is 17.9. The summed E-state index contributed by atoms with van der Waals surface area (Å²) < 4.78 is 0. The quantitative estimate of drug-likeness (QED) is 0.702. The van der Waals surface area contributed by atoms with Gasteiger partial charge < -0.3 is 16.0 Å². The number of piperazine rings is 1. The van der Waals surface area contributed by atoms with Crippen LogP contribution in [0.25, 0.3) is 0 Å². The maximum absolute atomic E-state index is 12.7. The number of carbonyl (C=O) groups is 2. The van der Waals surface area contributed by atoms with Gasteiger partial charge in [-0.25, -0.2) is 0 Å². The third kappa shape index (κ3) is 5.46. The van der Waals surface area contributed by atoms with E-state index in [2.05, 4.69) is 15.1 Å². The first-order valence-electron chi connectivity index (χ1n) is 10.5. The fourth-order valence-electron chi connectivity index (χ4n) is 3.83. The highest BCUT2D eigenvalue weighted by atomic mass is 16.2. The molecule has 6 heteroatoms. The Morgan fingerprint density at radius 1 is 0.933 bits per heavy atom. The summed E-state index contributed by atoms with van der Waals surface area (Å²) in [4.78, 5) is 28.8. The van der Waals surface area contributed by atoms with Crippen molar-refractivity contribution >= 4 is 11.8 Å². The van der Waals surface area contributed by atoms with Crippen molar-refractivity contribution < 1.29 is 9.59 Å². The van der Waals surface area contributed by atoms with Gasteiger partial charge in [-0.1, -0.05) is 60.7 Å². The van der Waals surface area contributed by atoms with Gasteiger partial charge >= 0.3 is 0 Å². The summed E-state index contributed by atoms with van der Waals surface area (Å²) in [6.45, 7) is 7.63. The highest BCUT2D eigenvalue weighted by molar-refractivity contribution is 5.83. The van der Waals surface area contributed by atoms with Crippen molar-refractivity contribution in [1.29, 1.82) is 0 Å². The standard InChI is InChI=1S/C24H32N4O2/c1-24(2,23(25)30)28-17-15-27(16-18-28)14-13-21(29)26-22(19-9-5-3-6-10-19)20-11-7-4-8-12-20/h3-12,22H,13-18H2,1-2H3,(H2,25,30)(H,26,29). The van der Waals surface area contributed by atoms with Gasteiger partial charge in [-0.15, -0.1) is 0 Å². The van der Waals surface area contributed by atoms with Crippen LogP contribution in [0.15, 0.2) is 60.7 Å². The number of benzene rings is 2. The molecule has 3 rings (SSSR count). The zero-order valence-electron chi connectivity index (χ0n) is 17.9. The van der Waals surface area contributed by atoms with Crippen molar-refractivity contribution in [2.45, 2.75) is 31.8 Å². The molecule has 2 aromatic rings. The Kier molecular flexibility index (Phi) is 7.24. The molecule has 0 aliphatic carbocycles. The number of nitrogens with one attached hydrogen (secondary N) is 1. The Balaban J connectivity index is 1.54. The number of nitrogens with two attached hydrogens (primary N) is 1. The van der Waals surface area contributed by atoms with Gasteiger partial charge in [0.05, 0.1) is 11.6 Å². The maximum atomic E-state index is 12.7. The molecule has 3 N–H and O–H groups in total. The molecule has 0 aromatic heterocycles. The molecule has 0 radical (unpaired) electrons. The molecule has 1 saturated heterocycles. The first kappa shape index (κ1) is 22.0. The first-order chi connectivity index (χ1) is 14.4. The minimum Gasteiger partial charge on any atom is -0.368 e. The normalized spacial score (nSPS) is 15.8. The highest BCUT2D eigenvalue weighted by Crippen LogP contribution is 2.22. The van der Waals surface area contributed by atoms with Gasteiger partial charge in [0.15, 0.2) is 0 Å². The lowest BCUT2D eigenvalue weighted by Gasteiger charge is -2.42. The van der Waals surface area contributed by atoms with Crippen molar-refractivity contribution in [2.24, 2.45) is 5.73 Å². The van der Waals surface area contributed by atoms with E-state index in [9.17, 15) is 9.59 Å². The topological polar surface area (TPSA) is 78.7 Å². The lowest BCUT2D eigenvalue weighted by atomic mass is 9.98. The molecular weight excluding hydrogens is 376 g/mol. The van der Waals surface area contributed by atoms with Gasteiger partial charge in [-0.2, -0.15) is 0 Å². The van der Waals surface area contributed by atoms with Crippen LogP contribution in [-0.4, -0.2) is 59.9 Å². The van der Waals surface area contributed by atoms with Crippen LogP contribution in [0.5, 0.6) is 0 Å². The molecule has 2 aromatic carbocycles. The number of carbonyl (C=O) groups excluding carboxylic acids is 2. The van der Waals surface area contributed by atoms with E-state index in [1.807, 2.05) is 74.5 Å². The number of primary amides is 1. The summed E-state index contributed by atoms with van der Waals surface area (Å²) >= 11 is 0. The summed E-state index contributed by atoms with van der Waals surface area (Å²) in [5, 5.41) is 3.20. The van der Waals surface area contributed by atoms with Crippen molar-refractivity contribution in [3.05, 3.63) is 71.8 Å². The highest BCUT2D eigenvalue weighted by Gasteiger charge is 2.34. The zero-order chi connectivity index (χ0) is 21.6. The molecule has 1 aliphatic heterocycles. The average Bonchev–Trinajstić information content (AvgIpc) is 2.77. The summed E-state index contributed by atoms with van der Waals surface area (Å²) in [5.74, 6) is -0.268. The smallest absolute Gasteiger partial charge is 0.237 e. The van der Waals surface area contributed by atoms with Gasteiger partial charge in [-0.3, -0.25) is 14.5 Å². The number of hydrogen-bond donors (Lipinski definition) is 2. The Morgan fingerprint density at radius 2 is 1.43 bits per heavy atom. The molecule has 1 heterocycles. The molecule has 6 nitrogen and oxygen atoms in total. The predicted octanol–water partition coefficient (Wildman–Crippen LogP) is 2.16. The third-order valence-electron chi connectivity index (χ3n) is 5.99. The number of rotatable bonds is 8. The van der Waals surface area contributed by atoms with Crippen LogP contribution in [0.2, 0.25) is 0 Å². The Labute approximate surface area is 179 Å². The van der Waals surface area contributed by atoms with E-state index < -0.39 is 5.54 Å². The summed E-state index contributed by atoms with van der Waals surface area (Å²) in [5.41, 5.74) is 7.03. The molecule has 1 fully saturated rings. The van der Waals surface area contributed by atoms with E-state index in [0.29, 0.717) is 13.0 Å². The monoisotopic (exact) mass is 408 g/mol. The van der Waals surface area contributed by atoms with Gasteiger partial charge in [0.25, 0.3) is 0 Å². The fraction of sp³-hybridized carbons (Fsp3) is 0.417. The Morgan fingerprint density at radius 3 is 1.90 bits per heavy atom. The summed E-state index contributed by atoms with van der Waals surface area (Å²) in [6.07, 6.45) is 0.440. The number of amides is 2. The molecule has 160 valence electrons. The van der Waals surface area contributed by atoms with Crippen LogP contribution >= 0.6 is 0 Å². The SMILES string of the molecule is CC(C)(C(N)=O)N1CCN(CCC(=O)NC(c2ccccc2)c2ccccc2)CC1. The molecule has 0 saturated carbocycles. The molecular formula is C24H32N4O2. The molecule has 0 atom stereocenters. The number of nitrogens with zero attached hydrogens (tertiary/aromatic N) is 2. The lowest BCUT2D eigenvalue weighted by Crippen LogP contribution is -2.59. The van der Waals surface area contributed by atoms with Crippen molar-refractivity contribution in [3.8, 4) is 0 Å².